The molecule has 1 aromatic heterocycles. The molecule has 4 N–H and O–H groups in total. The lowest BCUT2D eigenvalue weighted by Gasteiger charge is -2.27. The van der Waals surface area contributed by atoms with Crippen molar-refractivity contribution in [3.63, 3.8) is 0 Å². The highest BCUT2D eigenvalue weighted by atomic mass is 16.3. The van der Waals surface area contributed by atoms with Gasteiger partial charge in [-0.15, -0.1) is 0 Å². The molecule has 0 bridgehead atoms. The lowest BCUT2D eigenvalue weighted by atomic mass is 10.0. The van der Waals surface area contributed by atoms with Gasteiger partial charge in [0.1, 0.15) is 11.8 Å². The van der Waals surface area contributed by atoms with E-state index in [2.05, 4.69) is 15.6 Å². The molecule has 1 saturated heterocycles. The first-order chi connectivity index (χ1) is 14.5. The maximum atomic E-state index is 12.8. The number of piperidine rings is 1. The molecule has 4 amide bonds. The summed E-state index contributed by atoms with van der Waals surface area (Å²) in [7, 11) is 0. The smallest absolute Gasteiger partial charge is 0.262 e. The fourth-order valence-corrected chi connectivity index (χ4v) is 3.73. The SMILES string of the molecule is NCCc1ocnc1CNCc1ccc2c(c1)C(=O)N(C1CCC(=O)NC1=O)C2=O. The fraction of sp³-hybridized carbons (Fsp3) is 0.350. The Bertz CT molecular complexity index is 1030. The Kier molecular flexibility index (Phi) is 5.42. The number of benzene rings is 1. The van der Waals surface area contributed by atoms with E-state index in [4.69, 9.17) is 10.2 Å². The van der Waals surface area contributed by atoms with Crippen molar-refractivity contribution >= 4 is 23.6 Å². The normalized spacial score (nSPS) is 18.7. The van der Waals surface area contributed by atoms with Crippen LogP contribution in [0.3, 0.4) is 0 Å². The highest BCUT2D eigenvalue weighted by molar-refractivity contribution is 6.23. The molecule has 0 spiro atoms. The van der Waals surface area contributed by atoms with Gasteiger partial charge in [-0.1, -0.05) is 6.07 Å². The lowest BCUT2D eigenvalue weighted by Crippen LogP contribution is -2.54. The Hall–Kier alpha value is -3.37. The molecule has 1 aromatic carbocycles. The van der Waals surface area contributed by atoms with Gasteiger partial charge in [0.25, 0.3) is 11.8 Å². The number of carbonyl (C=O) groups excluding carboxylic acids is 4. The van der Waals surface area contributed by atoms with E-state index < -0.39 is 29.7 Å². The Morgan fingerprint density at radius 3 is 2.73 bits per heavy atom. The number of carbonyl (C=O) groups is 4. The maximum absolute atomic E-state index is 12.8. The van der Waals surface area contributed by atoms with E-state index in [1.54, 1.807) is 18.2 Å². The van der Waals surface area contributed by atoms with Crippen LogP contribution in [0.2, 0.25) is 0 Å². The second-order valence-electron chi connectivity index (χ2n) is 7.19. The van der Waals surface area contributed by atoms with E-state index in [1.807, 2.05) is 0 Å². The summed E-state index contributed by atoms with van der Waals surface area (Å²) in [6.45, 7) is 1.38. The third kappa shape index (κ3) is 3.62. The molecule has 2 aliphatic rings. The van der Waals surface area contributed by atoms with Crippen LogP contribution >= 0.6 is 0 Å². The first-order valence-electron chi connectivity index (χ1n) is 9.66. The maximum Gasteiger partial charge on any atom is 0.262 e. The Morgan fingerprint density at radius 1 is 1.17 bits per heavy atom. The molecule has 1 unspecified atom stereocenters. The predicted molar refractivity (Wildman–Crippen MR) is 103 cm³/mol. The van der Waals surface area contributed by atoms with Crippen LogP contribution in [0.15, 0.2) is 29.0 Å². The molecule has 0 saturated carbocycles. The number of oxazole rings is 1. The predicted octanol–water partition coefficient (Wildman–Crippen LogP) is -0.133. The van der Waals surface area contributed by atoms with Crippen molar-refractivity contribution in [3.05, 3.63) is 52.7 Å². The molecule has 156 valence electrons. The van der Waals surface area contributed by atoms with Gasteiger partial charge in [0.15, 0.2) is 6.39 Å². The van der Waals surface area contributed by atoms with Gasteiger partial charge in [-0.3, -0.25) is 29.4 Å². The van der Waals surface area contributed by atoms with Crippen molar-refractivity contribution in [1.29, 1.82) is 0 Å². The van der Waals surface area contributed by atoms with Crippen molar-refractivity contribution < 1.29 is 23.6 Å². The van der Waals surface area contributed by atoms with Gasteiger partial charge in [-0.2, -0.15) is 0 Å². The average molecular weight is 411 g/mol. The van der Waals surface area contributed by atoms with Crippen LogP contribution in [0.5, 0.6) is 0 Å². The summed E-state index contributed by atoms with van der Waals surface area (Å²) in [4.78, 5) is 54.2. The number of rotatable bonds is 7. The number of aromatic nitrogens is 1. The Morgan fingerprint density at radius 2 is 1.97 bits per heavy atom. The molecule has 1 fully saturated rings. The van der Waals surface area contributed by atoms with Gasteiger partial charge in [-0.05, 0) is 30.7 Å². The first kappa shape index (κ1) is 19.9. The first-order valence-corrected chi connectivity index (χ1v) is 9.66. The van der Waals surface area contributed by atoms with Crippen LogP contribution in [-0.4, -0.2) is 46.1 Å². The van der Waals surface area contributed by atoms with E-state index >= 15 is 0 Å². The summed E-state index contributed by atoms with van der Waals surface area (Å²) in [6, 6.07) is 4.03. The molecule has 2 aliphatic heterocycles. The molecular formula is C20H21N5O5. The molecule has 4 rings (SSSR count). The zero-order valence-electron chi connectivity index (χ0n) is 16.1. The van der Waals surface area contributed by atoms with E-state index in [0.717, 1.165) is 21.9 Å². The Balaban J connectivity index is 1.45. The number of nitrogens with one attached hydrogen (secondary N) is 2. The second kappa shape index (κ2) is 8.17. The van der Waals surface area contributed by atoms with Gasteiger partial charge in [-0.25, -0.2) is 4.98 Å². The van der Waals surface area contributed by atoms with Gasteiger partial charge in [0.2, 0.25) is 11.8 Å². The standard InChI is InChI=1S/C20H21N5O5/c21-6-5-16-14(23-10-30-16)9-22-8-11-1-2-12-13(7-11)20(29)25(19(12)28)15-3-4-17(26)24-18(15)27/h1-2,7,10,15,22H,3-6,8-9,21H2,(H,24,26,27). The zero-order chi connectivity index (χ0) is 21.3. The number of nitrogens with two attached hydrogens (primary N) is 1. The van der Waals surface area contributed by atoms with E-state index in [9.17, 15) is 19.2 Å². The molecule has 2 aromatic rings. The van der Waals surface area contributed by atoms with Gasteiger partial charge >= 0.3 is 0 Å². The van der Waals surface area contributed by atoms with Crippen molar-refractivity contribution in [2.24, 2.45) is 5.73 Å². The van der Waals surface area contributed by atoms with Crippen molar-refractivity contribution in [3.8, 4) is 0 Å². The number of imide groups is 2. The second-order valence-corrected chi connectivity index (χ2v) is 7.19. The van der Waals surface area contributed by atoms with Gasteiger partial charge in [0.05, 0.1) is 16.8 Å². The third-order valence-electron chi connectivity index (χ3n) is 5.22. The summed E-state index contributed by atoms with van der Waals surface area (Å²) >= 11 is 0. The van der Waals surface area contributed by atoms with E-state index in [-0.39, 0.29) is 24.0 Å². The number of hydrogen-bond donors (Lipinski definition) is 3. The van der Waals surface area contributed by atoms with Crippen LogP contribution in [-0.2, 0) is 29.1 Å². The third-order valence-corrected chi connectivity index (χ3v) is 5.22. The largest absolute Gasteiger partial charge is 0.448 e. The number of nitrogens with zero attached hydrogens (tertiary/aromatic N) is 2. The van der Waals surface area contributed by atoms with Crippen molar-refractivity contribution in [2.75, 3.05) is 6.54 Å². The minimum absolute atomic E-state index is 0.0904. The lowest BCUT2D eigenvalue weighted by molar-refractivity contribution is -0.136. The van der Waals surface area contributed by atoms with E-state index in [1.165, 1.54) is 6.39 Å². The molecule has 3 heterocycles. The number of amides is 4. The molecule has 0 radical (unpaired) electrons. The highest BCUT2D eigenvalue weighted by Gasteiger charge is 2.44. The Labute approximate surface area is 171 Å². The minimum atomic E-state index is -0.968. The molecule has 10 nitrogen and oxygen atoms in total. The molecule has 30 heavy (non-hydrogen) atoms. The van der Waals surface area contributed by atoms with Crippen molar-refractivity contribution in [2.45, 2.75) is 38.4 Å². The van der Waals surface area contributed by atoms with Gasteiger partial charge < -0.3 is 15.5 Å². The van der Waals surface area contributed by atoms with Crippen LogP contribution in [0, 0.1) is 0 Å². The monoisotopic (exact) mass is 411 g/mol. The highest BCUT2D eigenvalue weighted by Crippen LogP contribution is 2.28. The van der Waals surface area contributed by atoms with Crippen LogP contribution in [0.4, 0.5) is 0 Å². The minimum Gasteiger partial charge on any atom is -0.448 e. The van der Waals surface area contributed by atoms with E-state index in [0.29, 0.717) is 26.1 Å². The van der Waals surface area contributed by atoms with Crippen LogP contribution in [0.25, 0.3) is 0 Å². The van der Waals surface area contributed by atoms with Crippen LogP contribution in [0.1, 0.15) is 50.6 Å². The van der Waals surface area contributed by atoms with Crippen LogP contribution < -0.4 is 16.4 Å². The summed E-state index contributed by atoms with van der Waals surface area (Å²) in [5, 5.41) is 5.42. The summed E-state index contributed by atoms with van der Waals surface area (Å²) in [6.07, 6.45) is 2.20. The average Bonchev–Trinajstić information content (AvgIpc) is 3.26. The number of hydrogen-bond acceptors (Lipinski definition) is 8. The van der Waals surface area contributed by atoms with Gasteiger partial charge in [0, 0.05) is 25.9 Å². The molecule has 0 aliphatic carbocycles. The molecule has 1 atom stereocenters. The molecular weight excluding hydrogens is 390 g/mol. The summed E-state index contributed by atoms with van der Waals surface area (Å²) < 4.78 is 5.31. The zero-order valence-corrected chi connectivity index (χ0v) is 16.1. The number of fused-ring (bicyclic) bond motifs is 1. The topological polar surface area (TPSA) is 148 Å². The van der Waals surface area contributed by atoms with Crippen molar-refractivity contribution in [1.82, 2.24) is 20.5 Å². The fourth-order valence-electron chi connectivity index (χ4n) is 3.73. The molecule has 10 heteroatoms. The summed E-state index contributed by atoms with van der Waals surface area (Å²) in [5.74, 6) is -1.32. The quantitative estimate of drug-likeness (QED) is 0.534. The summed E-state index contributed by atoms with van der Waals surface area (Å²) in [5.41, 5.74) is 7.65.